The lowest BCUT2D eigenvalue weighted by molar-refractivity contribution is 0.109. The van der Waals surface area contributed by atoms with Gasteiger partial charge in [0.25, 0.3) is 0 Å². The smallest absolute Gasteiger partial charge is 0.0249 e. The first kappa shape index (κ1) is 13.9. The Kier molecular flexibility index (Phi) is 5.17. The van der Waals surface area contributed by atoms with E-state index in [-0.39, 0.29) is 0 Å². The average molecular weight is 264 g/mol. The Morgan fingerprint density at radius 1 is 0.842 bits per heavy atom. The van der Waals surface area contributed by atoms with Crippen molar-refractivity contribution in [3.63, 3.8) is 0 Å². The van der Waals surface area contributed by atoms with Crippen molar-refractivity contribution in [1.82, 2.24) is 10.2 Å². The van der Waals surface area contributed by atoms with Crippen molar-refractivity contribution in [2.45, 2.75) is 82.7 Å². The first-order valence-electron chi connectivity index (χ1n) is 8.91. The molecule has 0 aromatic carbocycles. The number of hydrogen-bond donors (Lipinski definition) is 1. The number of piperidine rings is 1. The molecule has 0 amide bonds. The highest BCUT2D eigenvalue weighted by molar-refractivity contribution is 4.90. The standard InChI is InChI=1S/C17H32N2/c1-2-7-15(8-3-1)11-14-19-13-5-4-10-17(19)16-9-6-12-18-16/h15-18H,1-14H2. The molecule has 2 heteroatoms. The Morgan fingerprint density at radius 2 is 1.68 bits per heavy atom. The molecule has 19 heavy (non-hydrogen) atoms. The first-order chi connectivity index (χ1) is 9.43. The van der Waals surface area contributed by atoms with Crippen molar-refractivity contribution in [1.29, 1.82) is 0 Å². The Balaban J connectivity index is 1.48. The van der Waals surface area contributed by atoms with Gasteiger partial charge in [0.15, 0.2) is 0 Å². The summed E-state index contributed by atoms with van der Waals surface area (Å²) in [6, 6.07) is 1.67. The second-order valence-electron chi connectivity index (χ2n) is 7.09. The number of nitrogens with zero attached hydrogens (tertiary/aromatic N) is 1. The van der Waals surface area contributed by atoms with Gasteiger partial charge < -0.3 is 5.32 Å². The molecule has 0 bridgehead atoms. The third-order valence-electron chi connectivity index (χ3n) is 5.78. The van der Waals surface area contributed by atoms with Crippen molar-refractivity contribution in [2.24, 2.45) is 5.92 Å². The van der Waals surface area contributed by atoms with Crippen LogP contribution in [0, 0.1) is 5.92 Å². The van der Waals surface area contributed by atoms with Crippen LogP contribution in [0.25, 0.3) is 0 Å². The van der Waals surface area contributed by atoms with Crippen LogP contribution in [0.2, 0.25) is 0 Å². The van der Waals surface area contributed by atoms with E-state index in [0.29, 0.717) is 0 Å². The molecule has 3 rings (SSSR count). The van der Waals surface area contributed by atoms with Crippen molar-refractivity contribution in [3.8, 4) is 0 Å². The molecule has 2 heterocycles. The molecule has 3 fully saturated rings. The van der Waals surface area contributed by atoms with Gasteiger partial charge in [-0.1, -0.05) is 38.5 Å². The maximum atomic E-state index is 3.75. The molecule has 110 valence electrons. The highest BCUT2D eigenvalue weighted by Gasteiger charge is 2.31. The van der Waals surface area contributed by atoms with Crippen LogP contribution in [-0.4, -0.2) is 36.6 Å². The molecule has 2 atom stereocenters. The van der Waals surface area contributed by atoms with Crippen LogP contribution < -0.4 is 5.32 Å². The summed E-state index contributed by atoms with van der Waals surface area (Å²) in [4.78, 5) is 2.85. The van der Waals surface area contributed by atoms with Gasteiger partial charge in [-0.05, 0) is 57.7 Å². The third-order valence-corrected chi connectivity index (χ3v) is 5.78. The normalized spacial score (nSPS) is 34.7. The minimum absolute atomic E-state index is 0.812. The lowest BCUT2D eigenvalue weighted by Gasteiger charge is -2.40. The molecule has 0 aromatic heterocycles. The van der Waals surface area contributed by atoms with E-state index in [4.69, 9.17) is 0 Å². The van der Waals surface area contributed by atoms with Crippen LogP contribution in [0.15, 0.2) is 0 Å². The molecule has 1 N–H and O–H groups in total. The fraction of sp³-hybridized carbons (Fsp3) is 1.00. The third kappa shape index (κ3) is 3.72. The van der Waals surface area contributed by atoms with Crippen LogP contribution in [0.5, 0.6) is 0 Å². The SMILES string of the molecule is C1CCC(CCN2CCCCC2C2CCCN2)CC1. The fourth-order valence-electron chi connectivity index (χ4n) is 4.61. The Labute approximate surface area is 119 Å². The number of likely N-dealkylation sites (tertiary alicyclic amines) is 1. The molecule has 1 aliphatic carbocycles. The molecule has 3 aliphatic rings. The number of nitrogens with one attached hydrogen (secondary N) is 1. The molecule has 0 aromatic rings. The molecule has 2 saturated heterocycles. The van der Waals surface area contributed by atoms with Crippen molar-refractivity contribution < 1.29 is 0 Å². The van der Waals surface area contributed by atoms with E-state index in [9.17, 15) is 0 Å². The van der Waals surface area contributed by atoms with Crippen molar-refractivity contribution in [2.75, 3.05) is 19.6 Å². The molecular formula is C17H32N2. The Hall–Kier alpha value is -0.0800. The van der Waals surface area contributed by atoms with Crippen molar-refractivity contribution >= 4 is 0 Å². The summed E-state index contributed by atoms with van der Waals surface area (Å²) in [5.74, 6) is 1.05. The van der Waals surface area contributed by atoms with Gasteiger partial charge in [0.05, 0.1) is 0 Å². The van der Waals surface area contributed by atoms with Crippen LogP contribution in [-0.2, 0) is 0 Å². The predicted octanol–water partition coefficient (Wildman–Crippen LogP) is 3.56. The Bertz CT molecular complexity index is 254. The monoisotopic (exact) mass is 264 g/mol. The summed E-state index contributed by atoms with van der Waals surface area (Å²) in [6.45, 7) is 4.01. The zero-order valence-corrected chi connectivity index (χ0v) is 12.6. The van der Waals surface area contributed by atoms with Crippen LogP contribution in [0.1, 0.15) is 70.6 Å². The highest BCUT2D eigenvalue weighted by atomic mass is 15.2. The molecular weight excluding hydrogens is 232 g/mol. The van der Waals surface area contributed by atoms with Gasteiger partial charge in [-0.15, -0.1) is 0 Å². The maximum absolute atomic E-state index is 3.75. The topological polar surface area (TPSA) is 15.3 Å². The van der Waals surface area contributed by atoms with Gasteiger partial charge in [0.1, 0.15) is 0 Å². The predicted molar refractivity (Wildman–Crippen MR) is 81.4 cm³/mol. The largest absolute Gasteiger partial charge is 0.312 e. The van der Waals surface area contributed by atoms with E-state index in [0.717, 1.165) is 18.0 Å². The summed E-state index contributed by atoms with van der Waals surface area (Å²) < 4.78 is 0. The molecule has 2 unspecified atom stereocenters. The minimum Gasteiger partial charge on any atom is -0.312 e. The van der Waals surface area contributed by atoms with Gasteiger partial charge in [0.2, 0.25) is 0 Å². The molecule has 0 spiro atoms. The molecule has 0 radical (unpaired) electrons. The summed E-state index contributed by atoms with van der Waals surface area (Å²) in [7, 11) is 0. The van der Waals surface area contributed by atoms with E-state index in [2.05, 4.69) is 10.2 Å². The van der Waals surface area contributed by atoms with E-state index in [1.54, 1.807) is 0 Å². The van der Waals surface area contributed by atoms with E-state index >= 15 is 0 Å². The second kappa shape index (κ2) is 7.08. The quantitative estimate of drug-likeness (QED) is 0.835. The van der Waals surface area contributed by atoms with E-state index in [1.165, 1.54) is 90.3 Å². The molecule has 2 aliphatic heterocycles. The lowest BCUT2D eigenvalue weighted by Crippen LogP contribution is -2.50. The van der Waals surface area contributed by atoms with Crippen molar-refractivity contribution in [3.05, 3.63) is 0 Å². The summed E-state index contributed by atoms with van der Waals surface area (Å²) in [6.07, 6.45) is 16.2. The summed E-state index contributed by atoms with van der Waals surface area (Å²) >= 11 is 0. The average Bonchev–Trinajstić information content (AvgIpc) is 3.01. The van der Waals surface area contributed by atoms with Crippen LogP contribution in [0.4, 0.5) is 0 Å². The Morgan fingerprint density at radius 3 is 2.47 bits per heavy atom. The lowest BCUT2D eigenvalue weighted by atomic mass is 9.86. The zero-order chi connectivity index (χ0) is 12.9. The van der Waals surface area contributed by atoms with Gasteiger partial charge in [0, 0.05) is 12.1 Å². The van der Waals surface area contributed by atoms with Crippen LogP contribution in [0.3, 0.4) is 0 Å². The number of rotatable bonds is 4. The summed E-state index contributed by atoms with van der Waals surface area (Å²) in [5.41, 5.74) is 0. The highest BCUT2D eigenvalue weighted by Crippen LogP contribution is 2.29. The number of hydrogen-bond acceptors (Lipinski definition) is 2. The first-order valence-corrected chi connectivity index (χ1v) is 8.91. The van der Waals surface area contributed by atoms with Gasteiger partial charge in [-0.2, -0.15) is 0 Å². The molecule has 1 saturated carbocycles. The van der Waals surface area contributed by atoms with E-state index in [1.807, 2.05) is 0 Å². The maximum Gasteiger partial charge on any atom is 0.0249 e. The second-order valence-corrected chi connectivity index (χ2v) is 7.09. The van der Waals surface area contributed by atoms with Gasteiger partial charge >= 0.3 is 0 Å². The zero-order valence-electron chi connectivity index (χ0n) is 12.6. The minimum atomic E-state index is 0.812. The van der Waals surface area contributed by atoms with Gasteiger partial charge in [-0.25, -0.2) is 0 Å². The van der Waals surface area contributed by atoms with E-state index < -0.39 is 0 Å². The molecule has 2 nitrogen and oxygen atoms in total. The van der Waals surface area contributed by atoms with Gasteiger partial charge in [-0.3, -0.25) is 4.90 Å². The van der Waals surface area contributed by atoms with Crippen LogP contribution >= 0.6 is 0 Å². The fourth-order valence-corrected chi connectivity index (χ4v) is 4.61. The summed E-state index contributed by atoms with van der Waals surface area (Å²) in [5, 5.41) is 3.75.